The van der Waals surface area contributed by atoms with Crippen LogP contribution in [-0.4, -0.2) is 28.4 Å². The highest BCUT2D eigenvalue weighted by Gasteiger charge is 2.30. The van der Waals surface area contributed by atoms with E-state index >= 15 is 0 Å². The van der Waals surface area contributed by atoms with E-state index in [2.05, 4.69) is 15.6 Å². The zero-order chi connectivity index (χ0) is 18.4. The SMILES string of the molecule is O=C(NCC(O)c1ccc(C(F)(F)F)cc1)C(=O)Nc1cccnc1. The van der Waals surface area contributed by atoms with Crippen LogP contribution < -0.4 is 10.6 Å². The lowest BCUT2D eigenvalue weighted by Gasteiger charge is -2.13. The Hall–Kier alpha value is -2.94. The molecule has 0 fully saturated rings. The van der Waals surface area contributed by atoms with Gasteiger partial charge in [0.15, 0.2) is 0 Å². The number of carbonyl (C=O) groups excluding carboxylic acids is 2. The summed E-state index contributed by atoms with van der Waals surface area (Å²) in [7, 11) is 0. The lowest BCUT2D eigenvalue weighted by molar-refractivity contribution is -0.137. The second kappa shape index (κ2) is 7.75. The number of hydrogen-bond donors (Lipinski definition) is 3. The average molecular weight is 353 g/mol. The van der Waals surface area contributed by atoms with Crippen LogP contribution in [0.4, 0.5) is 18.9 Å². The van der Waals surface area contributed by atoms with Gasteiger partial charge in [-0.25, -0.2) is 0 Å². The number of halogens is 3. The fraction of sp³-hybridized carbons (Fsp3) is 0.188. The highest BCUT2D eigenvalue weighted by atomic mass is 19.4. The quantitative estimate of drug-likeness (QED) is 0.732. The number of alkyl halides is 3. The Balaban J connectivity index is 1.87. The summed E-state index contributed by atoms with van der Waals surface area (Å²) in [5.74, 6) is -1.94. The Bertz CT molecular complexity index is 734. The van der Waals surface area contributed by atoms with Crippen LogP contribution in [0.5, 0.6) is 0 Å². The first-order valence-corrected chi connectivity index (χ1v) is 7.12. The van der Waals surface area contributed by atoms with Crippen molar-refractivity contribution in [2.45, 2.75) is 12.3 Å². The molecule has 3 N–H and O–H groups in total. The van der Waals surface area contributed by atoms with Crippen LogP contribution in [0, 0.1) is 0 Å². The maximum absolute atomic E-state index is 12.5. The van der Waals surface area contributed by atoms with Crippen molar-refractivity contribution in [3.8, 4) is 0 Å². The summed E-state index contributed by atoms with van der Waals surface area (Å²) in [5.41, 5.74) is -0.338. The number of benzene rings is 1. The molecule has 0 aliphatic carbocycles. The van der Waals surface area contributed by atoms with Crippen LogP contribution >= 0.6 is 0 Å². The van der Waals surface area contributed by atoms with Gasteiger partial charge in [0.2, 0.25) is 0 Å². The number of aliphatic hydroxyl groups is 1. The molecule has 1 aromatic heterocycles. The van der Waals surface area contributed by atoms with Gasteiger partial charge < -0.3 is 15.7 Å². The van der Waals surface area contributed by atoms with Crippen molar-refractivity contribution in [1.29, 1.82) is 0 Å². The standard InChI is InChI=1S/C16H14F3N3O3/c17-16(18,19)11-5-3-10(4-6-11)13(23)9-21-14(24)15(25)22-12-2-1-7-20-8-12/h1-8,13,23H,9H2,(H,21,24)(H,22,25). The number of amides is 2. The lowest BCUT2D eigenvalue weighted by atomic mass is 10.1. The van der Waals surface area contributed by atoms with E-state index in [9.17, 15) is 27.9 Å². The number of carbonyl (C=O) groups is 2. The van der Waals surface area contributed by atoms with Gasteiger partial charge in [-0.05, 0) is 29.8 Å². The van der Waals surface area contributed by atoms with Crippen molar-refractivity contribution < 1.29 is 27.9 Å². The number of nitrogens with one attached hydrogen (secondary N) is 2. The number of pyridine rings is 1. The Kier molecular flexibility index (Phi) is 5.71. The van der Waals surface area contributed by atoms with Crippen LogP contribution in [-0.2, 0) is 15.8 Å². The summed E-state index contributed by atoms with van der Waals surface area (Å²) in [4.78, 5) is 27.1. The van der Waals surface area contributed by atoms with Crippen LogP contribution in [0.3, 0.4) is 0 Å². The Morgan fingerprint density at radius 2 is 1.80 bits per heavy atom. The third kappa shape index (κ3) is 5.28. The van der Waals surface area contributed by atoms with Crippen LogP contribution in [0.2, 0.25) is 0 Å². The van der Waals surface area contributed by atoms with E-state index in [0.29, 0.717) is 5.69 Å². The molecule has 0 radical (unpaired) electrons. The van der Waals surface area contributed by atoms with Gasteiger partial charge in [0, 0.05) is 12.7 Å². The van der Waals surface area contributed by atoms with Crippen molar-refractivity contribution in [3.63, 3.8) is 0 Å². The second-order valence-corrected chi connectivity index (χ2v) is 5.04. The molecule has 1 aromatic carbocycles. The third-order valence-electron chi connectivity index (χ3n) is 3.20. The van der Waals surface area contributed by atoms with Crippen LogP contribution in [0.1, 0.15) is 17.2 Å². The number of anilines is 1. The minimum atomic E-state index is -4.47. The topological polar surface area (TPSA) is 91.3 Å². The van der Waals surface area contributed by atoms with Crippen LogP contribution in [0.15, 0.2) is 48.8 Å². The van der Waals surface area contributed by atoms with Crippen molar-refractivity contribution in [1.82, 2.24) is 10.3 Å². The molecule has 1 unspecified atom stereocenters. The molecule has 9 heteroatoms. The van der Waals surface area contributed by atoms with Gasteiger partial charge in [0.1, 0.15) is 0 Å². The first-order chi connectivity index (χ1) is 11.8. The van der Waals surface area contributed by atoms with Gasteiger partial charge in [-0.2, -0.15) is 13.2 Å². The van der Waals surface area contributed by atoms with E-state index in [1.165, 1.54) is 18.5 Å². The van der Waals surface area contributed by atoms with E-state index in [0.717, 1.165) is 24.3 Å². The molecule has 0 aliphatic heterocycles. The fourth-order valence-corrected chi connectivity index (χ4v) is 1.91. The molecule has 1 atom stereocenters. The molecule has 0 aliphatic rings. The molecule has 6 nitrogen and oxygen atoms in total. The second-order valence-electron chi connectivity index (χ2n) is 5.04. The summed E-state index contributed by atoms with van der Waals surface area (Å²) < 4.78 is 37.4. The smallest absolute Gasteiger partial charge is 0.387 e. The Labute approximate surface area is 140 Å². The van der Waals surface area contributed by atoms with Gasteiger partial charge in [0.05, 0.1) is 23.6 Å². The number of rotatable bonds is 4. The minimum Gasteiger partial charge on any atom is -0.387 e. The van der Waals surface area contributed by atoms with Gasteiger partial charge in [-0.3, -0.25) is 14.6 Å². The van der Waals surface area contributed by atoms with Crippen molar-refractivity contribution in [3.05, 3.63) is 59.9 Å². The molecule has 0 saturated carbocycles. The zero-order valence-electron chi connectivity index (χ0n) is 12.7. The van der Waals surface area contributed by atoms with Gasteiger partial charge >= 0.3 is 18.0 Å². The largest absolute Gasteiger partial charge is 0.416 e. The molecule has 0 saturated heterocycles. The minimum absolute atomic E-state index is 0.181. The molecule has 0 bridgehead atoms. The monoisotopic (exact) mass is 353 g/mol. The maximum atomic E-state index is 12.5. The van der Waals surface area contributed by atoms with E-state index in [1.54, 1.807) is 6.07 Å². The van der Waals surface area contributed by atoms with Gasteiger partial charge in [-0.15, -0.1) is 0 Å². The number of hydrogen-bond acceptors (Lipinski definition) is 4. The molecule has 2 rings (SSSR count). The first-order valence-electron chi connectivity index (χ1n) is 7.12. The van der Waals surface area contributed by atoms with E-state index in [4.69, 9.17) is 0 Å². The third-order valence-corrected chi connectivity index (χ3v) is 3.20. The van der Waals surface area contributed by atoms with Crippen molar-refractivity contribution >= 4 is 17.5 Å². The maximum Gasteiger partial charge on any atom is 0.416 e. The number of nitrogens with zero attached hydrogens (tertiary/aromatic N) is 1. The Morgan fingerprint density at radius 1 is 1.12 bits per heavy atom. The summed E-state index contributed by atoms with van der Waals surface area (Å²) in [6.07, 6.45) is -2.88. The molecule has 132 valence electrons. The summed E-state index contributed by atoms with van der Waals surface area (Å²) >= 11 is 0. The summed E-state index contributed by atoms with van der Waals surface area (Å²) in [6.45, 7) is -0.329. The molecule has 2 amide bonds. The van der Waals surface area contributed by atoms with Gasteiger partial charge in [-0.1, -0.05) is 12.1 Å². The predicted molar refractivity (Wildman–Crippen MR) is 82.3 cm³/mol. The van der Waals surface area contributed by atoms with Crippen molar-refractivity contribution in [2.24, 2.45) is 0 Å². The normalized spacial score (nSPS) is 12.3. The first kappa shape index (κ1) is 18.4. The van der Waals surface area contributed by atoms with E-state index in [1.807, 2.05) is 0 Å². The molecule has 0 spiro atoms. The molecule has 25 heavy (non-hydrogen) atoms. The average Bonchev–Trinajstić information content (AvgIpc) is 2.59. The summed E-state index contributed by atoms with van der Waals surface area (Å²) in [5, 5.41) is 14.4. The lowest BCUT2D eigenvalue weighted by Crippen LogP contribution is -2.37. The Morgan fingerprint density at radius 3 is 2.36 bits per heavy atom. The highest BCUT2D eigenvalue weighted by molar-refractivity contribution is 6.39. The van der Waals surface area contributed by atoms with Crippen LogP contribution in [0.25, 0.3) is 0 Å². The van der Waals surface area contributed by atoms with E-state index < -0.39 is 29.7 Å². The molecular weight excluding hydrogens is 339 g/mol. The van der Waals surface area contributed by atoms with Crippen molar-refractivity contribution in [2.75, 3.05) is 11.9 Å². The molecule has 1 heterocycles. The molecule has 2 aromatic rings. The zero-order valence-corrected chi connectivity index (χ0v) is 12.7. The fourth-order valence-electron chi connectivity index (χ4n) is 1.91. The highest BCUT2D eigenvalue weighted by Crippen LogP contribution is 2.29. The molecular formula is C16H14F3N3O3. The number of aliphatic hydroxyl groups excluding tert-OH is 1. The summed E-state index contributed by atoms with van der Waals surface area (Å²) in [6, 6.07) is 6.98. The predicted octanol–water partition coefficient (Wildman–Crippen LogP) is 1.89. The number of aromatic nitrogens is 1. The van der Waals surface area contributed by atoms with Gasteiger partial charge in [0.25, 0.3) is 0 Å². The van der Waals surface area contributed by atoms with E-state index in [-0.39, 0.29) is 12.1 Å².